The molecule has 2 aliphatic heterocycles. The number of aromatic nitrogens is 1. The third-order valence-corrected chi connectivity index (χ3v) is 7.69. The normalized spacial score (nSPS) is 21.9. The molecule has 27 heavy (non-hydrogen) atoms. The van der Waals surface area contributed by atoms with E-state index in [1.165, 1.54) is 11.1 Å². The van der Waals surface area contributed by atoms with Gasteiger partial charge in [-0.25, -0.2) is 8.42 Å². The van der Waals surface area contributed by atoms with Crippen molar-refractivity contribution in [2.24, 2.45) is 0 Å². The van der Waals surface area contributed by atoms with Gasteiger partial charge in [-0.2, -0.15) is 0 Å². The summed E-state index contributed by atoms with van der Waals surface area (Å²) in [4.78, 5) is 15.2. The van der Waals surface area contributed by atoms with E-state index in [0.717, 1.165) is 36.5 Å². The lowest BCUT2D eigenvalue weighted by Crippen LogP contribution is -2.35. The van der Waals surface area contributed by atoms with Crippen LogP contribution in [0.2, 0.25) is 0 Å². The van der Waals surface area contributed by atoms with Crippen LogP contribution in [-0.4, -0.2) is 48.3 Å². The predicted octanol–water partition coefficient (Wildman–Crippen LogP) is 2.71. The van der Waals surface area contributed by atoms with Crippen molar-refractivity contribution in [1.29, 1.82) is 0 Å². The van der Waals surface area contributed by atoms with Gasteiger partial charge in [-0.1, -0.05) is 24.3 Å². The van der Waals surface area contributed by atoms with E-state index >= 15 is 0 Å². The van der Waals surface area contributed by atoms with Gasteiger partial charge in [0.05, 0.1) is 18.1 Å². The Hall–Kier alpha value is -1.92. The van der Waals surface area contributed by atoms with Gasteiger partial charge in [-0.3, -0.25) is 9.69 Å². The highest BCUT2D eigenvalue weighted by atomic mass is 32.2. The minimum absolute atomic E-state index is 0.0431. The van der Waals surface area contributed by atoms with Gasteiger partial charge in [0.1, 0.15) is 0 Å². The van der Waals surface area contributed by atoms with E-state index in [1.54, 1.807) is 0 Å². The van der Waals surface area contributed by atoms with Crippen molar-refractivity contribution in [1.82, 2.24) is 9.47 Å². The molecule has 6 heteroatoms. The molecule has 1 saturated heterocycles. The Bertz CT molecular complexity index is 991. The van der Waals surface area contributed by atoms with Gasteiger partial charge in [0.25, 0.3) is 0 Å². The van der Waals surface area contributed by atoms with Crippen LogP contribution in [0, 0.1) is 13.8 Å². The molecule has 0 saturated carbocycles. The zero-order valence-corrected chi connectivity index (χ0v) is 16.8. The summed E-state index contributed by atoms with van der Waals surface area (Å²) in [5.74, 6) is 0.542. The van der Waals surface area contributed by atoms with Gasteiger partial charge in [0.15, 0.2) is 15.6 Å². The molecule has 0 spiro atoms. The molecular weight excluding hydrogens is 360 g/mol. The molecule has 0 bridgehead atoms. The first-order valence-corrected chi connectivity index (χ1v) is 11.4. The Morgan fingerprint density at radius 2 is 1.93 bits per heavy atom. The minimum Gasteiger partial charge on any atom is -0.344 e. The fourth-order valence-corrected chi connectivity index (χ4v) is 6.28. The summed E-state index contributed by atoms with van der Waals surface area (Å²) in [7, 11) is -2.95. The number of carbonyl (C=O) groups is 1. The molecule has 0 aliphatic carbocycles. The quantitative estimate of drug-likeness (QED) is 0.758. The maximum Gasteiger partial charge on any atom is 0.178 e. The molecule has 1 fully saturated rings. The molecule has 4 rings (SSSR count). The second-order valence-corrected chi connectivity index (χ2v) is 10.1. The largest absolute Gasteiger partial charge is 0.344 e. The summed E-state index contributed by atoms with van der Waals surface area (Å²) in [6.07, 6.45) is 1.61. The maximum absolute atomic E-state index is 13.0. The molecule has 0 unspecified atom stereocenters. The third kappa shape index (κ3) is 3.60. The monoisotopic (exact) mass is 386 g/mol. The maximum atomic E-state index is 13.0. The zero-order chi connectivity index (χ0) is 19.2. The Morgan fingerprint density at radius 3 is 2.63 bits per heavy atom. The van der Waals surface area contributed by atoms with Crippen molar-refractivity contribution >= 4 is 15.6 Å². The molecule has 3 heterocycles. The first-order chi connectivity index (χ1) is 12.8. The highest BCUT2D eigenvalue weighted by molar-refractivity contribution is 7.91. The summed E-state index contributed by atoms with van der Waals surface area (Å²) in [6, 6.07) is 10.3. The van der Waals surface area contributed by atoms with Gasteiger partial charge in [0.2, 0.25) is 0 Å². The first-order valence-electron chi connectivity index (χ1n) is 9.55. The molecule has 0 amide bonds. The van der Waals surface area contributed by atoms with Crippen molar-refractivity contribution in [2.75, 3.05) is 24.6 Å². The lowest BCUT2D eigenvalue weighted by atomic mass is 9.99. The van der Waals surface area contributed by atoms with E-state index in [0.29, 0.717) is 13.0 Å². The van der Waals surface area contributed by atoms with Gasteiger partial charge < -0.3 is 4.57 Å². The average Bonchev–Trinajstić information content (AvgIpc) is 3.13. The van der Waals surface area contributed by atoms with Crippen molar-refractivity contribution in [3.63, 3.8) is 0 Å². The predicted molar refractivity (Wildman–Crippen MR) is 106 cm³/mol. The second-order valence-electron chi connectivity index (χ2n) is 7.86. The molecular formula is C21H26N2O3S. The molecule has 1 aromatic carbocycles. The highest BCUT2D eigenvalue weighted by Crippen LogP contribution is 2.29. The van der Waals surface area contributed by atoms with Crippen LogP contribution < -0.4 is 0 Å². The van der Waals surface area contributed by atoms with E-state index in [9.17, 15) is 13.2 Å². The smallest absolute Gasteiger partial charge is 0.178 e. The van der Waals surface area contributed by atoms with Crippen molar-refractivity contribution in [3.8, 4) is 0 Å². The van der Waals surface area contributed by atoms with Gasteiger partial charge in [0, 0.05) is 36.1 Å². The fourth-order valence-electron chi connectivity index (χ4n) is 4.58. The fraction of sp³-hybridized carbons (Fsp3) is 0.476. The molecule has 1 aromatic heterocycles. The first kappa shape index (κ1) is 18.4. The van der Waals surface area contributed by atoms with E-state index in [1.807, 2.05) is 26.0 Å². The lowest BCUT2D eigenvalue weighted by Gasteiger charge is -2.28. The molecule has 2 aromatic rings. The number of hydrogen-bond acceptors (Lipinski definition) is 4. The topological polar surface area (TPSA) is 59.4 Å². The number of ketones is 1. The summed E-state index contributed by atoms with van der Waals surface area (Å²) in [6.45, 7) is 6.01. The second kappa shape index (κ2) is 6.91. The number of Topliss-reactive ketones (excluding diaryl/α,β-unsaturated/α-hetero) is 1. The van der Waals surface area contributed by atoms with Crippen LogP contribution in [0.15, 0.2) is 30.3 Å². The van der Waals surface area contributed by atoms with Gasteiger partial charge in [-0.05, 0) is 43.9 Å². The summed E-state index contributed by atoms with van der Waals surface area (Å²) in [5.41, 5.74) is 5.29. The molecule has 144 valence electrons. The van der Waals surface area contributed by atoms with Crippen LogP contribution in [0.4, 0.5) is 0 Å². The van der Waals surface area contributed by atoms with Crippen LogP contribution in [0.5, 0.6) is 0 Å². The average molecular weight is 387 g/mol. The van der Waals surface area contributed by atoms with Crippen molar-refractivity contribution in [3.05, 3.63) is 58.4 Å². The molecule has 0 radical (unpaired) electrons. The van der Waals surface area contributed by atoms with Crippen LogP contribution in [-0.2, 0) is 22.8 Å². The number of aryl methyl sites for hydroxylation is 1. The number of fused-ring (bicyclic) bond motifs is 1. The van der Waals surface area contributed by atoms with Crippen molar-refractivity contribution < 1.29 is 13.2 Å². The Labute approximate surface area is 160 Å². The number of rotatable bonds is 4. The Morgan fingerprint density at radius 1 is 1.19 bits per heavy atom. The van der Waals surface area contributed by atoms with Crippen LogP contribution in [0.1, 0.15) is 45.3 Å². The van der Waals surface area contributed by atoms with E-state index in [-0.39, 0.29) is 23.3 Å². The van der Waals surface area contributed by atoms with Crippen LogP contribution in [0.3, 0.4) is 0 Å². The standard InChI is InChI=1S/C21H26N2O3S/c1-15-11-20(16(2)23(15)19-8-10-27(25,26)14-19)21(24)13-22-9-7-17-5-3-4-6-18(17)12-22/h3-6,11,19H,7-10,12-14H2,1-2H3/t19-/m1/s1. The molecule has 0 N–H and O–H groups in total. The minimum atomic E-state index is -2.95. The van der Waals surface area contributed by atoms with E-state index < -0.39 is 9.84 Å². The highest BCUT2D eigenvalue weighted by Gasteiger charge is 2.32. The number of benzene rings is 1. The number of nitrogens with zero attached hydrogens (tertiary/aromatic N) is 2. The molecule has 2 aliphatic rings. The van der Waals surface area contributed by atoms with Gasteiger partial charge >= 0.3 is 0 Å². The third-order valence-electron chi connectivity index (χ3n) is 5.94. The Kier molecular flexibility index (Phi) is 4.72. The summed E-state index contributed by atoms with van der Waals surface area (Å²) in [5, 5.41) is 0. The SMILES string of the molecule is Cc1cc(C(=O)CN2CCc3ccccc3C2)c(C)n1[C@@H]1CCS(=O)(=O)C1. The number of hydrogen-bond donors (Lipinski definition) is 0. The summed E-state index contributed by atoms with van der Waals surface area (Å²) < 4.78 is 25.8. The Balaban J connectivity index is 1.51. The number of carbonyl (C=O) groups excluding carboxylic acids is 1. The van der Waals surface area contributed by atoms with Crippen LogP contribution in [0.25, 0.3) is 0 Å². The summed E-state index contributed by atoms with van der Waals surface area (Å²) >= 11 is 0. The van der Waals surface area contributed by atoms with Gasteiger partial charge in [-0.15, -0.1) is 0 Å². The number of sulfone groups is 1. The lowest BCUT2D eigenvalue weighted by molar-refractivity contribution is 0.0920. The molecule has 5 nitrogen and oxygen atoms in total. The van der Waals surface area contributed by atoms with Crippen molar-refractivity contribution in [2.45, 2.75) is 39.3 Å². The van der Waals surface area contributed by atoms with E-state index in [4.69, 9.17) is 0 Å². The van der Waals surface area contributed by atoms with E-state index in [2.05, 4.69) is 27.7 Å². The zero-order valence-electron chi connectivity index (χ0n) is 15.9. The molecule has 1 atom stereocenters. The van der Waals surface area contributed by atoms with Crippen LogP contribution >= 0.6 is 0 Å².